The van der Waals surface area contributed by atoms with E-state index in [4.69, 9.17) is 33.2 Å². The molecular weight excluding hydrogens is 632 g/mol. The lowest BCUT2D eigenvalue weighted by Gasteiger charge is -2.42. The molecule has 0 saturated carbocycles. The van der Waals surface area contributed by atoms with Gasteiger partial charge in [0.15, 0.2) is 5.79 Å². The maximum absolute atomic E-state index is 9.90. The molecule has 8 fully saturated rings. The number of ether oxygens (including phenoxy) is 7. The first-order valence-corrected chi connectivity index (χ1v) is 20.2. The minimum Gasteiger partial charge on any atom is -0.396 e. The molecule has 282 valence electrons. The summed E-state index contributed by atoms with van der Waals surface area (Å²) < 4.78 is 46.8. The molecule has 2 unspecified atom stereocenters. The second kappa shape index (κ2) is 15.3. The first-order valence-electron chi connectivity index (χ1n) is 20.2. The number of aliphatic hydroxyl groups is 1. The fourth-order valence-electron chi connectivity index (χ4n) is 10.6. The Hall–Kier alpha value is -1.10. The number of rotatable bonds is 15. The van der Waals surface area contributed by atoms with Crippen molar-refractivity contribution in [1.82, 2.24) is 0 Å². The van der Waals surface area contributed by atoms with Crippen LogP contribution in [0.1, 0.15) is 112 Å². The van der Waals surface area contributed by atoms with Crippen molar-refractivity contribution in [2.24, 2.45) is 29.6 Å². The Kier molecular flexibility index (Phi) is 11.4. The van der Waals surface area contributed by atoms with Gasteiger partial charge < -0.3 is 38.3 Å². The fraction of sp³-hybridized carbons (Fsp3) is 0.857. The molecule has 0 aromatic rings. The van der Waals surface area contributed by atoms with E-state index in [-0.39, 0.29) is 85.8 Å². The van der Waals surface area contributed by atoms with E-state index in [2.05, 4.69) is 54.4 Å². The second-order valence-electron chi connectivity index (χ2n) is 17.4. The van der Waals surface area contributed by atoms with E-state index < -0.39 is 5.79 Å². The summed E-state index contributed by atoms with van der Waals surface area (Å²) in [6, 6.07) is 0. The van der Waals surface area contributed by atoms with E-state index in [0.29, 0.717) is 23.7 Å². The predicted octanol–water partition coefficient (Wildman–Crippen LogP) is 7.47. The third-order valence-corrected chi connectivity index (χ3v) is 14.0. The summed E-state index contributed by atoms with van der Waals surface area (Å²) in [5, 5.41) is 9.90. The van der Waals surface area contributed by atoms with Gasteiger partial charge in [0.25, 0.3) is 0 Å². The summed E-state index contributed by atoms with van der Waals surface area (Å²) in [4.78, 5) is 0. The van der Waals surface area contributed by atoms with Gasteiger partial charge in [-0.15, -0.1) is 6.58 Å². The highest BCUT2D eigenvalue weighted by Gasteiger charge is 2.67. The van der Waals surface area contributed by atoms with Gasteiger partial charge in [0, 0.05) is 31.8 Å². The molecule has 8 nitrogen and oxygen atoms in total. The molecule has 50 heavy (non-hydrogen) atoms. The summed E-state index contributed by atoms with van der Waals surface area (Å²) in [6.45, 7) is 24.5. The van der Waals surface area contributed by atoms with E-state index in [1.54, 1.807) is 0 Å². The van der Waals surface area contributed by atoms with Gasteiger partial charge in [0.05, 0.1) is 54.9 Å². The topological polar surface area (TPSA) is 84.8 Å². The minimum atomic E-state index is -0.637. The third-order valence-electron chi connectivity index (χ3n) is 14.0. The summed E-state index contributed by atoms with van der Waals surface area (Å²) in [5.41, 5.74) is 2.38. The fourth-order valence-corrected chi connectivity index (χ4v) is 10.6. The number of hydrogen-bond donors (Lipinski definition) is 1. The van der Waals surface area contributed by atoms with Crippen LogP contribution >= 0.6 is 0 Å². The van der Waals surface area contributed by atoms with Crippen LogP contribution < -0.4 is 0 Å². The van der Waals surface area contributed by atoms with Crippen LogP contribution in [0.25, 0.3) is 0 Å². The van der Waals surface area contributed by atoms with Gasteiger partial charge in [-0.05, 0) is 86.2 Å². The molecule has 8 saturated heterocycles. The quantitative estimate of drug-likeness (QED) is 0.177. The Bertz CT molecular complexity index is 1220. The van der Waals surface area contributed by atoms with Crippen LogP contribution in [0.3, 0.4) is 0 Å². The van der Waals surface area contributed by atoms with Crippen molar-refractivity contribution in [3.8, 4) is 0 Å². The molecule has 8 rings (SSSR count). The first-order chi connectivity index (χ1) is 24.0. The smallest absolute Gasteiger partial charge is 0.172 e. The third kappa shape index (κ3) is 7.23. The second-order valence-corrected chi connectivity index (χ2v) is 17.4. The van der Waals surface area contributed by atoms with E-state index in [1.165, 1.54) is 11.1 Å². The van der Waals surface area contributed by atoms with E-state index in [9.17, 15) is 5.11 Å². The monoisotopic (exact) mass is 698 g/mol. The number of aliphatic hydroxyl groups excluding tert-OH is 1. The van der Waals surface area contributed by atoms with Crippen LogP contribution in [0.4, 0.5) is 0 Å². The largest absolute Gasteiger partial charge is 0.396 e. The average Bonchev–Trinajstić information content (AvgIpc) is 3.75. The lowest BCUT2D eigenvalue weighted by molar-refractivity contribution is -0.262. The molecule has 8 heteroatoms. The van der Waals surface area contributed by atoms with Crippen molar-refractivity contribution in [2.75, 3.05) is 6.61 Å². The van der Waals surface area contributed by atoms with Crippen molar-refractivity contribution in [1.29, 1.82) is 0 Å². The van der Waals surface area contributed by atoms with Crippen molar-refractivity contribution in [2.45, 2.75) is 191 Å². The molecule has 0 radical (unpaired) electrons. The normalized spacial score (nSPS) is 48.8. The molecule has 18 atom stereocenters. The van der Waals surface area contributed by atoms with E-state index in [1.807, 2.05) is 6.08 Å². The van der Waals surface area contributed by atoms with Crippen LogP contribution in [-0.4, -0.2) is 90.7 Å². The molecular formula is C42H66O8. The van der Waals surface area contributed by atoms with Gasteiger partial charge in [-0.25, -0.2) is 0 Å². The molecule has 0 amide bonds. The Labute approximate surface area is 301 Å². The molecule has 8 aliphatic heterocycles. The SMILES string of the molecule is C=CC[C@@H]1O[C@H]2[C@H]3O[C@]4(CC[C@H]5CC(=C)[C@H](CCC6C[C@@H](C)C(=C)[C@@H](C[C@@H]7O[C@H](C[C@H](C)CC)[C@H](C)[C@H]7CCO)O6)O5)C[C@H]3O[C@H]2[C@@H](O4)C1C. The van der Waals surface area contributed by atoms with Crippen LogP contribution in [0, 0.1) is 29.6 Å². The maximum atomic E-state index is 9.90. The van der Waals surface area contributed by atoms with Crippen LogP contribution in [-0.2, 0) is 33.2 Å². The molecule has 0 aromatic heterocycles. The molecule has 8 aliphatic rings. The lowest BCUT2D eigenvalue weighted by atomic mass is 9.79. The van der Waals surface area contributed by atoms with Crippen molar-refractivity contribution < 1.29 is 38.3 Å². The Morgan fingerprint density at radius 1 is 0.840 bits per heavy atom. The Morgan fingerprint density at radius 2 is 1.60 bits per heavy atom. The zero-order chi connectivity index (χ0) is 35.3. The highest BCUT2D eigenvalue weighted by molar-refractivity contribution is 5.14. The van der Waals surface area contributed by atoms with Crippen molar-refractivity contribution in [3.63, 3.8) is 0 Å². The van der Waals surface area contributed by atoms with Gasteiger partial charge in [-0.2, -0.15) is 0 Å². The average molecular weight is 699 g/mol. The number of hydrogen-bond acceptors (Lipinski definition) is 8. The summed E-state index contributed by atoms with van der Waals surface area (Å²) in [6.07, 6.45) is 13.3. The molecule has 0 aliphatic carbocycles. The van der Waals surface area contributed by atoms with Crippen molar-refractivity contribution >= 4 is 0 Å². The van der Waals surface area contributed by atoms with E-state index in [0.717, 1.165) is 77.0 Å². The minimum absolute atomic E-state index is 0.0197. The summed E-state index contributed by atoms with van der Waals surface area (Å²) in [7, 11) is 0. The van der Waals surface area contributed by atoms with Gasteiger partial charge in [-0.3, -0.25) is 0 Å². The van der Waals surface area contributed by atoms with Crippen molar-refractivity contribution in [3.05, 3.63) is 37.0 Å². The first kappa shape index (κ1) is 37.2. The molecule has 1 N–H and O–H groups in total. The van der Waals surface area contributed by atoms with Gasteiger partial charge in [-0.1, -0.05) is 60.3 Å². The Balaban J connectivity index is 0.911. The lowest BCUT2D eigenvalue weighted by Crippen LogP contribution is -2.54. The zero-order valence-electron chi connectivity index (χ0n) is 31.5. The Morgan fingerprint density at radius 3 is 2.36 bits per heavy atom. The highest BCUT2D eigenvalue weighted by atomic mass is 16.8. The van der Waals surface area contributed by atoms with Crippen LogP contribution in [0.5, 0.6) is 0 Å². The van der Waals surface area contributed by atoms with Gasteiger partial charge in [0.2, 0.25) is 0 Å². The highest BCUT2D eigenvalue weighted by Crippen LogP contribution is 2.54. The molecule has 0 aromatic carbocycles. The molecule has 0 spiro atoms. The summed E-state index contributed by atoms with van der Waals surface area (Å²) in [5.74, 6) is 1.39. The van der Waals surface area contributed by atoms with E-state index >= 15 is 0 Å². The van der Waals surface area contributed by atoms with Gasteiger partial charge >= 0.3 is 0 Å². The maximum Gasteiger partial charge on any atom is 0.172 e. The summed E-state index contributed by atoms with van der Waals surface area (Å²) >= 11 is 0. The van der Waals surface area contributed by atoms with Gasteiger partial charge in [0.1, 0.15) is 18.3 Å². The molecule has 6 bridgehead atoms. The van der Waals surface area contributed by atoms with Crippen LogP contribution in [0.2, 0.25) is 0 Å². The zero-order valence-corrected chi connectivity index (χ0v) is 31.5. The standard InChI is InChI=1S/C42H66O8/c1-9-11-33-28(8)38-40-41(47-33)39-37(48-40)22-42(49-38,50-39)16-14-30-20-25(5)32(44-30)13-12-29-19-24(4)26(6)35(45-29)21-36-31(15-17-43)27(7)34(46-36)18-23(3)10-2/h9,23-24,27-41,43H,1,5-6,10-22H2,2-4,7-8H3/t23-,24-,27-,28?,29?,30+,31-,32+,33+,34-,35-,36+,37-,38+,39+,40+,41+,42-/m1/s1. The predicted molar refractivity (Wildman–Crippen MR) is 193 cm³/mol. The van der Waals surface area contributed by atoms with Crippen LogP contribution in [0.15, 0.2) is 37.0 Å². The molecule has 8 heterocycles.